The number of hydrogen-bond acceptors (Lipinski definition) is 0. The highest BCUT2D eigenvalue weighted by atomic mass is 14.7. The molecule has 0 nitrogen and oxygen atoms in total. The SMILES string of the molecule is CCC1C(C)(CC)C1(C)CC. The van der Waals surface area contributed by atoms with Crippen LogP contribution >= 0.6 is 0 Å². The van der Waals surface area contributed by atoms with Crippen molar-refractivity contribution in [2.24, 2.45) is 16.7 Å². The van der Waals surface area contributed by atoms with E-state index in [1.54, 1.807) is 0 Å². The molecule has 0 aromatic carbocycles. The van der Waals surface area contributed by atoms with Crippen LogP contribution in [0.15, 0.2) is 0 Å². The van der Waals surface area contributed by atoms with Gasteiger partial charge in [-0.15, -0.1) is 0 Å². The minimum Gasteiger partial charge on any atom is -0.0651 e. The molecule has 0 amide bonds. The zero-order valence-electron chi connectivity index (χ0n) is 8.70. The fourth-order valence-corrected chi connectivity index (χ4v) is 3.28. The average Bonchev–Trinajstić information content (AvgIpc) is 2.51. The van der Waals surface area contributed by atoms with Gasteiger partial charge in [-0.2, -0.15) is 0 Å². The lowest BCUT2D eigenvalue weighted by atomic mass is 9.92. The van der Waals surface area contributed by atoms with Crippen molar-refractivity contribution in [1.29, 1.82) is 0 Å². The fourth-order valence-electron chi connectivity index (χ4n) is 3.28. The van der Waals surface area contributed by atoms with Crippen LogP contribution < -0.4 is 0 Å². The summed E-state index contributed by atoms with van der Waals surface area (Å²) in [7, 11) is 0. The van der Waals surface area contributed by atoms with Crippen LogP contribution in [-0.4, -0.2) is 0 Å². The van der Waals surface area contributed by atoms with E-state index in [2.05, 4.69) is 34.6 Å². The molecule has 0 spiro atoms. The Morgan fingerprint density at radius 2 is 1.27 bits per heavy atom. The van der Waals surface area contributed by atoms with Crippen molar-refractivity contribution in [3.8, 4) is 0 Å². The molecule has 11 heavy (non-hydrogen) atoms. The van der Waals surface area contributed by atoms with Gasteiger partial charge in [-0.1, -0.05) is 41.0 Å². The molecule has 1 saturated carbocycles. The summed E-state index contributed by atoms with van der Waals surface area (Å²) in [4.78, 5) is 0. The van der Waals surface area contributed by atoms with Crippen molar-refractivity contribution in [3.05, 3.63) is 0 Å². The third-order valence-electron chi connectivity index (χ3n) is 4.64. The van der Waals surface area contributed by atoms with E-state index < -0.39 is 0 Å². The van der Waals surface area contributed by atoms with Crippen LogP contribution in [0.1, 0.15) is 53.9 Å². The molecular weight excluding hydrogens is 132 g/mol. The molecule has 1 rings (SSSR count). The van der Waals surface area contributed by atoms with Crippen molar-refractivity contribution < 1.29 is 0 Å². The van der Waals surface area contributed by atoms with Crippen LogP contribution in [0.25, 0.3) is 0 Å². The van der Waals surface area contributed by atoms with E-state index >= 15 is 0 Å². The van der Waals surface area contributed by atoms with Gasteiger partial charge in [0.2, 0.25) is 0 Å². The van der Waals surface area contributed by atoms with Gasteiger partial charge in [-0.3, -0.25) is 0 Å². The third-order valence-corrected chi connectivity index (χ3v) is 4.64. The van der Waals surface area contributed by atoms with Gasteiger partial charge >= 0.3 is 0 Å². The van der Waals surface area contributed by atoms with E-state index in [0.717, 1.165) is 5.92 Å². The summed E-state index contributed by atoms with van der Waals surface area (Å²) in [5, 5.41) is 0. The summed E-state index contributed by atoms with van der Waals surface area (Å²) in [5.74, 6) is 0.991. The zero-order valence-corrected chi connectivity index (χ0v) is 8.70. The van der Waals surface area contributed by atoms with Crippen molar-refractivity contribution in [2.75, 3.05) is 0 Å². The Balaban J connectivity index is 2.72. The first-order valence-corrected chi connectivity index (χ1v) is 5.06. The van der Waals surface area contributed by atoms with Gasteiger partial charge in [-0.05, 0) is 29.6 Å². The van der Waals surface area contributed by atoms with Gasteiger partial charge in [0.25, 0.3) is 0 Å². The molecule has 2 unspecified atom stereocenters. The van der Waals surface area contributed by atoms with Gasteiger partial charge in [0.1, 0.15) is 0 Å². The first kappa shape index (κ1) is 9.09. The topological polar surface area (TPSA) is 0 Å². The maximum absolute atomic E-state index is 2.46. The van der Waals surface area contributed by atoms with Crippen molar-refractivity contribution >= 4 is 0 Å². The largest absolute Gasteiger partial charge is 0.0651 e. The van der Waals surface area contributed by atoms with Gasteiger partial charge in [0.05, 0.1) is 0 Å². The predicted molar refractivity (Wildman–Crippen MR) is 50.6 cm³/mol. The summed E-state index contributed by atoms with van der Waals surface area (Å²) in [5.41, 5.74) is 1.33. The Hall–Kier alpha value is 0. The maximum atomic E-state index is 2.46. The van der Waals surface area contributed by atoms with Gasteiger partial charge in [-0.25, -0.2) is 0 Å². The van der Waals surface area contributed by atoms with Gasteiger partial charge in [0, 0.05) is 0 Å². The summed E-state index contributed by atoms with van der Waals surface area (Å²) in [6.45, 7) is 11.9. The Labute approximate surface area is 71.4 Å². The van der Waals surface area contributed by atoms with E-state index in [1.807, 2.05) is 0 Å². The molecule has 0 bridgehead atoms. The van der Waals surface area contributed by atoms with Crippen molar-refractivity contribution in [1.82, 2.24) is 0 Å². The molecule has 1 fully saturated rings. The Morgan fingerprint density at radius 3 is 1.36 bits per heavy atom. The Bertz CT molecular complexity index is 134. The zero-order chi connectivity index (χ0) is 8.70. The second-order valence-electron chi connectivity index (χ2n) is 4.50. The molecule has 66 valence electrons. The lowest BCUT2D eigenvalue weighted by Crippen LogP contribution is -2.04. The molecule has 2 atom stereocenters. The van der Waals surface area contributed by atoms with Crippen molar-refractivity contribution in [3.63, 3.8) is 0 Å². The maximum Gasteiger partial charge on any atom is -0.0238 e. The van der Waals surface area contributed by atoms with E-state index in [9.17, 15) is 0 Å². The third kappa shape index (κ3) is 0.878. The second kappa shape index (κ2) is 2.50. The van der Waals surface area contributed by atoms with Crippen LogP contribution in [0.3, 0.4) is 0 Å². The Kier molecular flexibility index (Phi) is 2.07. The smallest absolute Gasteiger partial charge is 0.0238 e. The van der Waals surface area contributed by atoms with E-state index in [-0.39, 0.29) is 0 Å². The molecule has 0 aromatic rings. The molecule has 1 aliphatic carbocycles. The van der Waals surface area contributed by atoms with Gasteiger partial charge < -0.3 is 0 Å². The fraction of sp³-hybridized carbons (Fsp3) is 1.00. The van der Waals surface area contributed by atoms with Crippen LogP contribution in [0, 0.1) is 16.7 Å². The summed E-state index contributed by atoms with van der Waals surface area (Å²) in [6, 6.07) is 0. The van der Waals surface area contributed by atoms with Crippen LogP contribution in [-0.2, 0) is 0 Å². The minimum atomic E-state index is 0.663. The number of hydrogen-bond donors (Lipinski definition) is 0. The van der Waals surface area contributed by atoms with Crippen molar-refractivity contribution in [2.45, 2.75) is 53.9 Å². The minimum absolute atomic E-state index is 0.663. The quantitative estimate of drug-likeness (QED) is 0.579. The molecule has 0 saturated heterocycles. The van der Waals surface area contributed by atoms with Gasteiger partial charge in [0.15, 0.2) is 0 Å². The van der Waals surface area contributed by atoms with Crippen LogP contribution in [0.5, 0.6) is 0 Å². The van der Waals surface area contributed by atoms with E-state index in [0.29, 0.717) is 10.8 Å². The highest BCUT2D eigenvalue weighted by Crippen LogP contribution is 2.73. The average molecular weight is 154 g/mol. The summed E-state index contributed by atoms with van der Waals surface area (Å²) >= 11 is 0. The Morgan fingerprint density at radius 1 is 0.909 bits per heavy atom. The molecule has 0 N–H and O–H groups in total. The molecule has 1 aliphatic rings. The predicted octanol–water partition coefficient (Wildman–Crippen LogP) is 3.86. The van der Waals surface area contributed by atoms with Crippen LogP contribution in [0.2, 0.25) is 0 Å². The standard InChI is InChI=1S/C11H22/c1-6-9-10(4,7-2)11(9,5)8-3/h9H,6-8H2,1-5H3. The molecule has 0 aromatic heterocycles. The first-order chi connectivity index (χ1) is 5.06. The van der Waals surface area contributed by atoms with E-state index in [1.165, 1.54) is 19.3 Å². The lowest BCUT2D eigenvalue weighted by molar-refractivity contribution is 0.367. The first-order valence-electron chi connectivity index (χ1n) is 5.06. The lowest BCUT2D eigenvalue weighted by Gasteiger charge is -2.13. The monoisotopic (exact) mass is 154 g/mol. The summed E-state index contributed by atoms with van der Waals surface area (Å²) < 4.78 is 0. The molecule has 0 heterocycles. The molecule has 0 radical (unpaired) electrons. The highest BCUT2D eigenvalue weighted by molar-refractivity contribution is 5.14. The molecule has 0 heteroatoms. The summed E-state index contributed by atoms with van der Waals surface area (Å²) in [6.07, 6.45) is 4.08. The molecular formula is C11H22. The number of rotatable bonds is 3. The van der Waals surface area contributed by atoms with Crippen LogP contribution in [0.4, 0.5) is 0 Å². The van der Waals surface area contributed by atoms with E-state index in [4.69, 9.17) is 0 Å². The second-order valence-corrected chi connectivity index (χ2v) is 4.50. The normalized spacial score (nSPS) is 49.4. The molecule has 0 aliphatic heterocycles. The highest BCUT2D eigenvalue weighted by Gasteiger charge is 2.66.